The second-order valence-corrected chi connectivity index (χ2v) is 4.31. The summed E-state index contributed by atoms with van der Waals surface area (Å²) < 4.78 is 4.87. The lowest BCUT2D eigenvalue weighted by Gasteiger charge is -2.07. The molecule has 0 spiro atoms. The molecule has 19 heavy (non-hydrogen) atoms. The van der Waals surface area contributed by atoms with Gasteiger partial charge in [0.1, 0.15) is 5.82 Å². The zero-order chi connectivity index (χ0) is 13.9. The number of hydrogen-bond donors (Lipinski definition) is 2. The Kier molecular flexibility index (Phi) is 7.58. The number of hydrogen-bond acceptors (Lipinski definition) is 4. The molecule has 0 aliphatic rings. The van der Waals surface area contributed by atoms with Crippen molar-refractivity contribution in [3.05, 3.63) is 23.9 Å². The van der Waals surface area contributed by atoms with E-state index in [2.05, 4.69) is 22.5 Å². The van der Waals surface area contributed by atoms with Gasteiger partial charge in [0.05, 0.1) is 12.2 Å². The summed E-state index contributed by atoms with van der Waals surface area (Å²) in [6.45, 7) is 4.11. The molecule has 0 aliphatic carbocycles. The van der Waals surface area contributed by atoms with E-state index in [4.69, 9.17) is 4.74 Å². The van der Waals surface area contributed by atoms with E-state index in [0.717, 1.165) is 18.8 Å². The van der Waals surface area contributed by atoms with Crippen molar-refractivity contribution in [3.63, 3.8) is 0 Å². The van der Waals surface area contributed by atoms with Gasteiger partial charge >= 0.3 is 0 Å². The minimum atomic E-state index is -0.123. The van der Waals surface area contributed by atoms with Crippen molar-refractivity contribution in [3.8, 4) is 0 Å². The van der Waals surface area contributed by atoms with E-state index in [1.165, 1.54) is 12.8 Å². The summed E-state index contributed by atoms with van der Waals surface area (Å²) in [5.41, 5.74) is 0.565. The number of carbonyl (C=O) groups excluding carboxylic acids is 1. The normalized spacial score (nSPS) is 10.2. The van der Waals surface area contributed by atoms with Gasteiger partial charge in [-0.3, -0.25) is 4.79 Å². The fourth-order valence-electron chi connectivity index (χ4n) is 1.59. The van der Waals surface area contributed by atoms with Crippen molar-refractivity contribution < 1.29 is 9.53 Å². The number of rotatable bonds is 9. The zero-order valence-electron chi connectivity index (χ0n) is 11.7. The molecule has 1 aromatic heterocycles. The lowest BCUT2D eigenvalue weighted by molar-refractivity contribution is 0.0937. The molecule has 0 unspecified atom stereocenters. The van der Waals surface area contributed by atoms with Gasteiger partial charge in [0, 0.05) is 26.4 Å². The van der Waals surface area contributed by atoms with Crippen LogP contribution in [-0.2, 0) is 4.74 Å². The average molecular weight is 265 g/mol. The first-order valence-corrected chi connectivity index (χ1v) is 6.75. The van der Waals surface area contributed by atoms with Crippen LogP contribution in [0, 0.1) is 0 Å². The zero-order valence-corrected chi connectivity index (χ0v) is 11.7. The molecule has 1 aromatic rings. The summed E-state index contributed by atoms with van der Waals surface area (Å²) in [5, 5.41) is 5.99. The number of unbranched alkanes of at least 4 members (excludes halogenated alkanes) is 2. The maximum absolute atomic E-state index is 11.7. The number of anilines is 1. The fourth-order valence-corrected chi connectivity index (χ4v) is 1.59. The highest BCUT2D eigenvalue weighted by molar-refractivity contribution is 5.94. The van der Waals surface area contributed by atoms with Gasteiger partial charge in [-0.2, -0.15) is 0 Å². The standard InChI is InChI=1S/C14H23N3O2/c1-3-4-5-8-15-13-7-6-12(11-17-13)14(18)16-9-10-19-2/h6-7,11H,3-5,8-10H2,1-2H3,(H,15,17)(H,16,18). The molecule has 5 nitrogen and oxygen atoms in total. The van der Waals surface area contributed by atoms with Crippen LogP contribution in [0.1, 0.15) is 36.5 Å². The van der Waals surface area contributed by atoms with Gasteiger partial charge < -0.3 is 15.4 Å². The monoisotopic (exact) mass is 265 g/mol. The lowest BCUT2D eigenvalue weighted by atomic mass is 10.2. The van der Waals surface area contributed by atoms with E-state index >= 15 is 0 Å². The van der Waals surface area contributed by atoms with Crippen molar-refractivity contribution in [1.82, 2.24) is 10.3 Å². The molecule has 1 amide bonds. The smallest absolute Gasteiger partial charge is 0.252 e. The van der Waals surface area contributed by atoms with Gasteiger partial charge in [0.2, 0.25) is 0 Å². The Labute approximate surface area is 114 Å². The summed E-state index contributed by atoms with van der Waals surface area (Å²) >= 11 is 0. The Bertz CT molecular complexity index is 365. The van der Waals surface area contributed by atoms with E-state index in [0.29, 0.717) is 18.7 Å². The summed E-state index contributed by atoms with van der Waals surface area (Å²) in [7, 11) is 1.60. The van der Waals surface area contributed by atoms with E-state index in [-0.39, 0.29) is 5.91 Å². The predicted molar refractivity (Wildman–Crippen MR) is 76.5 cm³/mol. The Morgan fingerprint density at radius 1 is 1.32 bits per heavy atom. The highest BCUT2D eigenvalue weighted by Crippen LogP contribution is 2.05. The average Bonchev–Trinajstić information content (AvgIpc) is 2.44. The summed E-state index contributed by atoms with van der Waals surface area (Å²) in [6.07, 6.45) is 5.14. The Morgan fingerprint density at radius 3 is 2.79 bits per heavy atom. The Balaban J connectivity index is 2.36. The largest absolute Gasteiger partial charge is 0.383 e. The van der Waals surface area contributed by atoms with Crippen LogP contribution in [0.25, 0.3) is 0 Å². The molecule has 0 saturated heterocycles. The van der Waals surface area contributed by atoms with E-state index < -0.39 is 0 Å². The third-order valence-electron chi connectivity index (χ3n) is 2.70. The third-order valence-corrected chi connectivity index (χ3v) is 2.70. The SMILES string of the molecule is CCCCCNc1ccc(C(=O)NCCOC)cn1. The predicted octanol–water partition coefficient (Wildman–Crippen LogP) is 2.06. The number of nitrogens with zero attached hydrogens (tertiary/aromatic N) is 1. The van der Waals surface area contributed by atoms with E-state index in [1.54, 1.807) is 19.4 Å². The number of carbonyl (C=O) groups is 1. The molecule has 0 atom stereocenters. The molecule has 1 heterocycles. The second kappa shape index (κ2) is 9.33. The van der Waals surface area contributed by atoms with Crippen LogP contribution < -0.4 is 10.6 Å². The van der Waals surface area contributed by atoms with E-state index in [9.17, 15) is 4.79 Å². The number of methoxy groups -OCH3 is 1. The number of pyridine rings is 1. The maximum atomic E-state index is 11.7. The first-order chi connectivity index (χ1) is 9.27. The van der Waals surface area contributed by atoms with Crippen molar-refractivity contribution >= 4 is 11.7 Å². The van der Waals surface area contributed by atoms with Gasteiger partial charge in [-0.25, -0.2) is 4.98 Å². The molecule has 0 fully saturated rings. The molecule has 0 aliphatic heterocycles. The van der Waals surface area contributed by atoms with Gasteiger partial charge in [0.15, 0.2) is 0 Å². The second-order valence-electron chi connectivity index (χ2n) is 4.31. The number of nitrogens with one attached hydrogen (secondary N) is 2. The highest BCUT2D eigenvalue weighted by atomic mass is 16.5. The first kappa shape index (κ1) is 15.4. The molecule has 1 rings (SSSR count). The molecular formula is C14H23N3O2. The lowest BCUT2D eigenvalue weighted by Crippen LogP contribution is -2.27. The van der Waals surface area contributed by atoms with Crippen LogP contribution >= 0.6 is 0 Å². The molecule has 2 N–H and O–H groups in total. The molecule has 0 aromatic carbocycles. The quantitative estimate of drug-likeness (QED) is 0.671. The molecule has 0 radical (unpaired) electrons. The minimum absolute atomic E-state index is 0.123. The van der Waals surface area contributed by atoms with Gasteiger partial charge in [0.25, 0.3) is 5.91 Å². The van der Waals surface area contributed by atoms with Crippen LogP contribution in [-0.4, -0.2) is 37.7 Å². The molecule has 106 valence electrons. The first-order valence-electron chi connectivity index (χ1n) is 6.75. The van der Waals surface area contributed by atoms with Crippen LogP contribution in [0.15, 0.2) is 18.3 Å². The maximum Gasteiger partial charge on any atom is 0.252 e. The van der Waals surface area contributed by atoms with Crippen LogP contribution in [0.3, 0.4) is 0 Å². The van der Waals surface area contributed by atoms with Gasteiger partial charge in [-0.1, -0.05) is 19.8 Å². The van der Waals surface area contributed by atoms with Crippen molar-refractivity contribution in [2.45, 2.75) is 26.2 Å². The summed E-state index contributed by atoms with van der Waals surface area (Å²) in [5.74, 6) is 0.687. The van der Waals surface area contributed by atoms with Crippen LogP contribution in [0.2, 0.25) is 0 Å². The number of amides is 1. The van der Waals surface area contributed by atoms with Gasteiger partial charge in [-0.05, 0) is 18.6 Å². The van der Waals surface area contributed by atoms with Crippen molar-refractivity contribution in [1.29, 1.82) is 0 Å². The van der Waals surface area contributed by atoms with Gasteiger partial charge in [-0.15, -0.1) is 0 Å². The fraction of sp³-hybridized carbons (Fsp3) is 0.571. The Morgan fingerprint density at radius 2 is 2.16 bits per heavy atom. The molecule has 0 saturated carbocycles. The van der Waals surface area contributed by atoms with Crippen molar-refractivity contribution in [2.24, 2.45) is 0 Å². The number of ether oxygens (including phenoxy) is 1. The highest BCUT2D eigenvalue weighted by Gasteiger charge is 2.04. The minimum Gasteiger partial charge on any atom is -0.383 e. The molecule has 0 bridgehead atoms. The topological polar surface area (TPSA) is 63.2 Å². The number of aromatic nitrogens is 1. The Hall–Kier alpha value is -1.62. The van der Waals surface area contributed by atoms with E-state index in [1.807, 2.05) is 6.07 Å². The molecular weight excluding hydrogens is 242 g/mol. The van der Waals surface area contributed by atoms with Crippen LogP contribution in [0.4, 0.5) is 5.82 Å². The summed E-state index contributed by atoms with van der Waals surface area (Å²) in [6, 6.07) is 3.61. The third kappa shape index (κ3) is 6.20. The molecule has 5 heteroatoms. The van der Waals surface area contributed by atoms with Crippen LogP contribution in [0.5, 0.6) is 0 Å². The van der Waals surface area contributed by atoms with Crippen molar-refractivity contribution in [2.75, 3.05) is 32.1 Å². The summed E-state index contributed by atoms with van der Waals surface area (Å²) in [4.78, 5) is 15.9.